The van der Waals surface area contributed by atoms with Crippen LogP contribution in [-0.4, -0.2) is 23.0 Å². The quantitative estimate of drug-likeness (QED) is 0.725. The first-order valence-corrected chi connectivity index (χ1v) is 4.76. The smallest absolute Gasteiger partial charge is 0.0975 e. The Morgan fingerprint density at radius 1 is 1.64 bits per heavy atom. The molecule has 0 fully saturated rings. The summed E-state index contributed by atoms with van der Waals surface area (Å²) in [6.45, 7) is 2.80. The first-order chi connectivity index (χ1) is 6.77. The van der Waals surface area contributed by atoms with Gasteiger partial charge in [-0.3, -0.25) is 9.88 Å². The van der Waals surface area contributed by atoms with E-state index in [0.717, 1.165) is 18.5 Å². The van der Waals surface area contributed by atoms with Gasteiger partial charge in [-0.05, 0) is 25.1 Å². The lowest BCUT2D eigenvalue weighted by atomic mass is 10.2. The molecule has 74 valence electrons. The summed E-state index contributed by atoms with van der Waals surface area (Å²) in [5.41, 5.74) is 1.14. The van der Waals surface area contributed by atoms with Crippen LogP contribution in [0, 0.1) is 11.3 Å². The molecule has 0 aliphatic rings. The lowest BCUT2D eigenvalue weighted by Crippen LogP contribution is -2.29. The van der Waals surface area contributed by atoms with E-state index in [1.165, 1.54) is 0 Å². The molecule has 1 unspecified atom stereocenters. The average Bonchev–Trinajstić information content (AvgIpc) is 2.21. The lowest BCUT2D eigenvalue weighted by Gasteiger charge is -2.20. The van der Waals surface area contributed by atoms with Gasteiger partial charge in [0.05, 0.1) is 12.1 Å². The van der Waals surface area contributed by atoms with Crippen molar-refractivity contribution in [1.29, 1.82) is 5.26 Å². The minimum Gasteiger partial charge on any atom is -0.287 e. The molecule has 0 N–H and O–H groups in total. The van der Waals surface area contributed by atoms with E-state index in [-0.39, 0.29) is 6.04 Å². The van der Waals surface area contributed by atoms with Gasteiger partial charge in [0.1, 0.15) is 0 Å². The van der Waals surface area contributed by atoms with Crippen molar-refractivity contribution < 1.29 is 0 Å². The molecular weight excluding hydrogens is 174 g/mol. The average molecular weight is 189 g/mol. The maximum absolute atomic E-state index is 8.87. The number of rotatable bonds is 4. The summed E-state index contributed by atoms with van der Waals surface area (Å²) in [6.07, 6.45) is 4.44. The molecule has 1 rings (SSSR count). The van der Waals surface area contributed by atoms with E-state index in [9.17, 15) is 0 Å². The Morgan fingerprint density at radius 2 is 2.43 bits per heavy atom. The standard InChI is InChI=1S/C11H15N3/c1-3-11(7-12)14(2)9-10-5-4-6-13-8-10/h4-6,8,11H,3,9H2,1-2H3. The highest BCUT2D eigenvalue weighted by Crippen LogP contribution is 2.06. The van der Waals surface area contributed by atoms with E-state index in [4.69, 9.17) is 5.26 Å². The van der Waals surface area contributed by atoms with Crippen LogP contribution in [0.15, 0.2) is 24.5 Å². The third kappa shape index (κ3) is 2.82. The van der Waals surface area contributed by atoms with Gasteiger partial charge < -0.3 is 0 Å². The topological polar surface area (TPSA) is 39.9 Å². The molecule has 1 aromatic rings. The van der Waals surface area contributed by atoms with E-state index in [1.54, 1.807) is 6.20 Å². The fourth-order valence-corrected chi connectivity index (χ4v) is 1.39. The summed E-state index contributed by atoms with van der Waals surface area (Å²) in [7, 11) is 1.96. The van der Waals surface area contributed by atoms with Gasteiger partial charge >= 0.3 is 0 Å². The molecule has 3 heteroatoms. The van der Waals surface area contributed by atoms with Gasteiger partial charge in [0.25, 0.3) is 0 Å². The highest BCUT2D eigenvalue weighted by atomic mass is 15.1. The van der Waals surface area contributed by atoms with E-state index >= 15 is 0 Å². The zero-order valence-electron chi connectivity index (χ0n) is 8.64. The van der Waals surface area contributed by atoms with Gasteiger partial charge in [-0.15, -0.1) is 0 Å². The van der Waals surface area contributed by atoms with Crippen molar-refractivity contribution in [3.63, 3.8) is 0 Å². The van der Waals surface area contributed by atoms with E-state index in [2.05, 4.69) is 11.1 Å². The molecule has 0 saturated heterocycles. The first kappa shape index (κ1) is 10.7. The van der Waals surface area contributed by atoms with Crippen molar-refractivity contribution >= 4 is 0 Å². The minimum atomic E-state index is -0.00444. The summed E-state index contributed by atoms with van der Waals surface area (Å²) in [4.78, 5) is 6.08. The highest BCUT2D eigenvalue weighted by Gasteiger charge is 2.11. The van der Waals surface area contributed by atoms with Crippen LogP contribution in [0.25, 0.3) is 0 Å². The number of hydrogen-bond acceptors (Lipinski definition) is 3. The molecule has 14 heavy (non-hydrogen) atoms. The fourth-order valence-electron chi connectivity index (χ4n) is 1.39. The van der Waals surface area contributed by atoms with Crippen LogP contribution in [0.1, 0.15) is 18.9 Å². The zero-order chi connectivity index (χ0) is 10.4. The normalized spacial score (nSPS) is 12.4. The van der Waals surface area contributed by atoms with Gasteiger partial charge in [-0.2, -0.15) is 5.26 Å². The summed E-state index contributed by atoms with van der Waals surface area (Å²) in [5.74, 6) is 0. The Hall–Kier alpha value is -1.40. The highest BCUT2D eigenvalue weighted by molar-refractivity contribution is 5.08. The second-order valence-corrected chi connectivity index (χ2v) is 3.33. The van der Waals surface area contributed by atoms with Crippen LogP contribution < -0.4 is 0 Å². The molecule has 3 nitrogen and oxygen atoms in total. The van der Waals surface area contributed by atoms with Crippen molar-refractivity contribution in [2.75, 3.05) is 7.05 Å². The Labute approximate surface area is 85.0 Å². The Kier molecular flexibility index (Phi) is 4.09. The van der Waals surface area contributed by atoms with Crippen LogP contribution >= 0.6 is 0 Å². The van der Waals surface area contributed by atoms with Crippen molar-refractivity contribution in [3.05, 3.63) is 30.1 Å². The largest absolute Gasteiger partial charge is 0.287 e. The summed E-state index contributed by atoms with van der Waals surface area (Å²) < 4.78 is 0. The SMILES string of the molecule is CCC(C#N)N(C)Cc1cccnc1. The summed E-state index contributed by atoms with van der Waals surface area (Å²) in [5, 5.41) is 8.87. The van der Waals surface area contributed by atoms with Gasteiger partial charge in [0, 0.05) is 18.9 Å². The van der Waals surface area contributed by atoms with Crippen LogP contribution in [0.4, 0.5) is 0 Å². The van der Waals surface area contributed by atoms with Gasteiger partial charge in [0.15, 0.2) is 0 Å². The number of hydrogen-bond donors (Lipinski definition) is 0. The molecule has 0 aliphatic heterocycles. The molecule has 1 atom stereocenters. The van der Waals surface area contributed by atoms with Crippen LogP contribution in [-0.2, 0) is 6.54 Å². The molecule has 0 amide bonds. The Bertz CT molecular complexity index is 302. The molecule has 1 heterocycles. The van der Waals surface area contributed by atoms with E-state index < -0.39 is 0 Å². The van der Waals surface area contributed by atoms with Crippen molar-refractivity contribution in [2.24, 2.45) is 0 Å². The van der Waals surface area contributed by atoms with Gasteiger partial charge in [-0.25, -0.2) is 0 Å². The lowest BCUT2D eigenvalue weighted by molar-refractivity contribution is 0.273. The molecule has 0 aromatic carbocycles. The Balaban J connectivity index is 2.57. The number of pyridine rings is 1. The number of aromatic nitrogens is 1. The molecule has 0 bridgehead atoms. The van der Waals surface area contributed by atoms with Gasteiger partial charge in [-0.1, -0.05) is 13.0 Å². The number of nitrogens with zero attached hydrogens (tertiary/aromatic N) is 3. The van der Waals surface area contributed by atoms with Crippen LogP contribution in [0.3, 0.4) is 0 Å². The third-order valence-electron chi connectivity index (χ3n) is 2.22. The second kappa shape index (κ2) is 5.36. The third-order valence-corrected chi connectivity index (χ3v) is 2.22. The van der Waals surface area contributed by atoms with Gasteiger partial charge in [0.2, 0.25) is 0 Å². The van der Waals surface area contributed by atoms with Crippen molar-refractivity contribution in [1.82, 2.24) is 9.88 Å². The molecule has 0 aliphatic carbocycles. The van der Waals surface area contributed by atoms with Crippen LogP contribution in [0.5, 0.6) is 0 Å². The molecule has 0 radical (unpaired) electrons. The first-order valence-electron chi connectivity index (χ1n) is 4.76. The molecule has 1 aromatic heterocycles. The predicted molar refractivity (Wildman–Crippen MR) is 55.4 cm³/mol. The maximum atomic E-state index is 8.87. The molecule has 0 spiro atoms. The summed E-state index contributed by atoms with van der Waals surface area (Å²) >= 11 is 0. The molecular formula is C11H15N3. The predicted octanol–water partition coefficient (Wildman–Crippen LogP) is 1.82. The number of nitriles is 1. The Morgan fingerprint density at radius 3 is 2.93 bits per heavy atom. The monoisotopic (exact) mass is 189 g/mol. The second-order valence-electron chi connectivity index (χ2n) is 3.33. The maximum Gasteiger partial charge on any atom is 0.0975 e. The summed E-state index contributed by atoms with van der Waals surface area (Å²) in [6, 6.07) is 6.21. The zero-order valence-corrected chi connectivity index (χ0v) is 8.64. The van der Waals surface area contributed by atoms with E-state index in [1.807, 2.05) is 37.2 Å². The molecule has 0 saturated carbocycles. The fraction of sp³-hybridized carbons (Fsp3) is 0.455. The minimum absolute atomic E-state index is 0.00444. The van der Waals surface area contributed by atoms with E-state index in [0.29, 0.717) is 0 Å². The van der Waals surface area contributed by atoms with Crippen molar-refractivity contribution in [2.45, 2.75) is 25.9 Å². The van der Waals surface area contributed by atoms with Crippen LogP contribution in [0.2, 0.25) is 0 Å². The van der Waals surface area contributed by atoms with Crippen molar-refractivity contribution in [3.8, 4) is 6.07 Å².